The first-order valence-corrected chi connectivity index (χ1v) is 12.7. The zero-order chi connectivity index (χ0) is 29.7. The molecule has 5 heterocycles. The summed E-state index contributed by atoms with van der Waals surface area (Å²) >= 11 is 0. The van der Waals surface area contributed by atoms with E-state index < -0.39 is 119 Å². The third-order valence-electron chi connectivity index (χ3n) is 9.33. The van der Waals surface area contributed by atoms with Crippen molar-refractivity contribution in [2.24, 2.45) is 47.3 Å². The molecule has 212 valence electrons. The van der Waals surface area contributed by atoms with Crippen LogP contribution in [0, 0.1) is 47.3 Å². The number of hydrogen-bond donors (Lipinski definition) is 0. The van der Waals surface area contributed by atoms with Crippen molar-refractivity contribution in [3.63, 3.8) is 0 Å². The van der Waals surface area contributed by atoms with E-state index in [1.54, 1.807) is 0 Å². The molecule has 0 aromatic heterocycles. The standard InChI is InChI=1S/C25H27N5O10/c1-26-10(31)6-8(18(26)33)12-14(22(37)28(3)20(12)35)16-17(25(40)30(5)24(16)39)15-13(21(36)29(4)23(15)38)9-7-11(32)27(2)19(9)34/h8-9,12-17H,6-7H2,1-5H3. The number of rotatable bonds is 4. The normalized spacial score (nSPS) is 37.2. The topological polar surface area (TPSA) is 187 Å². The summed E-state index contributed by atoms with van der Waals surface area (Å²) in [6, 6.07) is 0. The van der Waals surface area contributed by atoms with Crippen LogP contribution in [0.4, 0.5) is 0 Å². The lowest BCUT2D eigenvalue weighted by Gasteiger charge is -2.30. The average molecular weight is 558 g/mol. The quantitative estimate of drug-likeness (QED) is 0.317. The highest BCUT2D eigenvalue weighted by molar-refractivity contribution is 6.17. The van der Waals surface area contributed by atoms with Crippen LogP contribution >= 0.6 is 0 Å². The van der Waals surface area contributed by atoms with Crippen LogP contribution in [0.1, 0.15) is 12.8 Å². The molecule has 0 spiro atoms. The Bertz CT molecular complexity index is 1260. The lowest BCUT2D eigenvalue weighted by molar-refractivity contribution is -0.144. The first-order chi connectivity index (χ1) is 18.6. The van der Waals surface area contributed by atoms with Gasteiger partial charge in [0.1, 0.15) is 0 Å². The fourth-order valence-electron chi connectivity index (χ4n) is 7.07. The van der Waals surface area contributed by atoms with E-state index in [2.05, 4.69) is 0 Å². The molecule has 8 atom stereocenters. The molecule has 8 unspecified atom stereocenters. The molecule has 5 saturated heterocycles. The van der Waals surface area contributed by atoms with E-state index in [0.29, 0.717) is 4.90 Å². The molecule has 15 nitrogen and oxygen atoms in total. The summed E-state index contributed by atoms with van der Waals surface area (Å²) in [5, 5.41) is 0. The van der Waals surface area contributed by atoms with Gasteiger partial charge >= 0.3 is 0 Å². The molecule has 0 N–H and O–H groups in total. The highest BCUT2D eigenvalue weighted by Crippen LogP contribution is 2.51. The van der Waals surface area contributed by atoms with Gasteiger partial charge in [-0.2, -0.15) is 0 Å². The Morgan fingerprint density at radius 1 is 0.350 bits per heavy atom. The maximum absolute atomic E-state index is 13.6. The Balaban J connectivity index is 1.63. The van der Waals surface area contributed by atoms with Gasteiger partial charge in [0.15, 0.2) is 0 Å². The van der Waals surface area contributed by atoms with Crippen LogP contribution < -0.4 is 0 Å². The van der Waals surface area contributed by atoms with Crippen molar-refractivity contribution in [2.45, 2.75) is 12.8 Å². The summed E-state index contributed by atoms with van der Waals surface area (Å²) in [4.78, 5) is 135. The summed E-state index contributed by atoms with van der Waals surface area (Å²) in [5.74, 6) is -19.7. The fourth-order valence-corrected chi connectivity index (χ4v) is 7.07. The van der Waals surface area contributed by atoms with E-state index >= 15 is 0 Å². The molecule has 10 amide bonds. The lowest BCUT2D eigenvalue weighted by Crippen LogP contribution is -2.45. The molecule has 5 fully saturated rings. The van der Waals surface area contributed by atoms with Crippen molar-refractivity contribution >= 4 is 59.1 Å². The molecule has 0 aromatic rings. The number of likely N-dealkylation sites (tertiary alicyclic amines) is 5. The SMILES string of the molecule is CN1C(=O)CC(C2C(=O)N(C)C(=O)C2C2C(=O)N(C)C(=O)C2C2C(=O)N(C)C(=O)C2C2CC(=O)N(C)C2=O)C1=O. The second-order valence-corrected chi connectivity index (χ2v) is 11.1. The number of hydrogen-bond acceptors (Lipinski definition) is 10. The van der Waals surface area contributed by atoms with E-state index in [1.165, 1.54) is 14.1 Å². The van der Waals surface area contributed by atoms with Gasteiger partial charge in [-0.25, -0.2) is 0 Å². The molecule has 0 aromatic carbocycles. The summed E-state index contributed by atoms with van der Waals surface area (Å²) in [6.07, 6.45) is -0.786. The van der Waals surface area contributed by atoms with Crippen molar-refractivity contribution in [1.29, 1.82) is 0 Å². The van der Waals surface area contributed by atoms with Crippen molar-refractivity contribution in [1.82, 2.24) is 24.5 Å². The second-order valence-electron chi connectivity index (χ2n) is 11.1. The largest absolute Gasteiger partial charge is 0.285 e. The number of amides is 10. The van der Waals surface area contributed by atoms with Crippen LogP contribution in [-0.4, -0.2) is 119 Å². The molecule has 5 rings (SSSR count). The van der Waals surface area contributed by atoms with Crippen LogP contribution in [0.25, 0.3) is 0 Å². The van der Waals surface area contributed by atoms with Gasteiger partial charge in [0.05, 0.1) is 47.3 Å². The monoisotopic (exact) mass is 557 g/mol. The molecule has 0 bridgehead atoms. The van der Waals surface area contributed by atoms with Crippen molar-refractivity contribution in [3.8, 4) is 0 Å². The molecule has 5 aliphatic rings. The summed E-state index contributed by atoms with van der Waals surface area (Å²) in [5.41, 5.74) is 0. The first kappa shape index (κ1) is 27.3. The minimum absolute atomic E-state index is 0.393. The van der Waals surface area contributed by atoms with Crippen molar-refractivity contribution in [2.75, 3.05) is 35.2 Å². The van der Waals surface area contributed by atoms with E-state index in [9.17, 15) is 47.9 Å². The third kappa shape index (κ3) is 3.35. The van der Waals surface area contributed by atoms with Gasteiger partial charge in [0.25, 0.3) is 0 Å². The number of carbonyl (C=O) groups is 10. The minimum Gasteiger partial charge on any atom is -0.285 e. The van der Waals surface area contributed by atoms with Crippen LogP contribution in [0.5, 0.6) is 0 Å². The Morgan fingerprint density at radius 2 is 0.575 bits per heavy atom. The molecule has 5 aliphatic heterocycles. The van der Waals surface area contributed by atoms with Crippen molar-refractivity contribution < 1.29 is 47.9 Å². The van der Waals surface area contributed by atoms with Gasteiger partial charge in [0, 0.05) is 48.1 Å². The van der Waals surface area contributed by atoms with Gasteiger partial charge in [-0.15, -0.1) is 0 Å². The van der Waals surface area contributed by atoms with Crippen molar-refractivity contribution in [3.05, 3.63) is 0 Å². The minimum atomic E-state index is -1.64. The zero-order valence-corrected chi connectivity index (χ0v) is 22.4. The Labute approximate surface area is 227 Å². The predicted molar refractivity (Wildman–Crippen MR) is 126 cm³/mol. The fraction of sp³-hybridized carbons (Fsp3) is 0.600. The summed E-state index contributed by atoms with van der Waals surface area (Å²) in [7, 11) is 5.90. The Kier molecular flexibility index (Phi) is 6.04. The average Bonchev–Trinajstić information content (AvgIpc) is 3.55. The molecule has 15 heteroatoms. The van der Waals surface area contributed by atoms with Gasteiger partial charge in [-0.05, 0) is 0 Å². The van der Waals surface area contributed by atoms with E-state index in [-0.39, 0.29) is 0 Å². The highest BCUT2D eigenvalue weighted by atomic mass is 16.2. The molecule has 40 heavy (non-hydrogen) atoms. The molecule has 0 radical (unpaired) electrons. The van der Waals surface area contributed by atoms with Gasteiger partial charge in [-0.1, -0.05) is 0 Å². The zero-order valence-electron chi connectivity index (χ0n) is 22.4. The van der Waals surface area contributed by atoms with Gasteiger partial charge in [0.2, 0.25) is 59.1 Å². The summed E-state index contributed by atoms with van der Waals surface area (Å²) in [6.45, 7) is 0. The highest BCUT2D eigenvalue weighted by Gasteiger charge is 2.68. The Morgan fingerprint density at radius 3 is 0.800 bits per heavy atom. The van der Waals surface area contributed by atoms with E-state index in [1.807, 2.05) is 0 Å². The van der Waals surface area contributed by atoms with E-state index in [0.717, 1.165) is 40.7 Å². The van der Waals surface area contributed by atoms with Gasteiger partial charge < -0.3 is 0 Å². The molecule has 0 aliphatic carbocycles. The van der Waals surface area contributed by atoms with Crippen LogP contribution in [0.3, 0.4) is 0 Å². The smallest absolute Gasteiger partial charge is 0.233 e. The Hall–Kier alpha value is -4.30. The first-order valence-electron chi connectivity index (χ1n) is 12.7. The second kappa shape index (κ2) is 8.86. The number of carbonyl (C=O) groups excluding carboxylic acids is 10. The maximum atomic E-state index is 13.6. The summed E-state index contributed by atoms with van der Waals surface area (Å²) < 4.78 is 0. The number of imide groups is 5. The lowest BCUT2D eigenvalue weighted by atomic mass is 9.65. The van der Waals surface area contributed by atoms with Crippen LogP contribution in [-0.2, 0) is 47.9 Å². The maximum Gasteiger partial charge on any atom is 0.233 e. The van der Waals surface area contributed by atoms with E-state index in [4.69, 9.17) is 0 Å². The van der Waals surface area contributed by atoms with Gasteiger partial charge in [-0.3, -0.25) is 72.4 Å². The molecular formula is C25H27N5O10. The number of nitrogens with zero attached hydrogens (tertiary/aromatic N) is 5. The van der Waals surface area contributed by atoms with Crippen LogP contribution in [0.15, 0.2) is 0 Å². The predicted octanol–water partition coefficient (Wildman–Crippen LogP) is -3.31. The molecule has 0 saturated carbocycles. The van der Waals surface area contributed by atoms with Crippen LogP contribution in [0.2, 0.25) is 0 Å². The third-order valence-corrected chi connectivity index (χ3v) is 9.33. The molecular weight excluding hydrogens is 530 g/mol.